The zero-order chi connectivity index (χ0) is 13.1. The predicted octanol–water partition coefficient (Wildman–Crippen LogP) is 2.15. The fraction of sp³-hybridized carbons (Fsp3) is 0.643. The molecule has 1 unspecified atom stereocenters. The van der Waals surface area contributed by atoms with E-state index >= 15 is 0 Å². The van der Waals surface area contributed by atoms with E-state index in [1.165, 1.54) is 0 Å². The molecule has 1 fully saturated rings. The standard InChI is InChI=1S/C14H21N3O/c1-10(2)14(18)17-8-4-5-12(9-17)13-15-7-6-11(3)16-13/h6-7,10,12H,4-5,8-9H2,1-3H3. The SMILES string of the molecule is Cc1ccnc(C2CCCN(C(=O)C(C)C)C2)n1. The van der Waals surface area contributed by atoms with Gasteiger partial charge in [-0.1, -0.05) is 13.8 Å². The Hall–Kier alpha value is -1.45. The molecular weight excluding hydrogens is 226 g/mol. The Morgan fingerprint density at radius 2 is 2.28 bits per heavy atom. The normalized spacial score (nSPS) is 20.2. The van der Waals surface area contributed by atoms with E-state index in [1.54, 1.807) is 6.20 Å². The number of hydrogen-bond donors (Lipinski definition) is 0. The van der Waals surface area contributed by atoms with Gasteiger partial charge in [-0.15, -0.1) is 0 Å². The van der Waals surface area contributed by atoms with Crippen molar-refractivity contribution >= 4 is 5.91 Å². The van der Waals surface area contributed by atoms with E-state index in [1.807, 2.05) is 31.7 Å². The molecular formula is C14H21N3O. The van der Waals surface area contributed by atoms with Crippen molar-refractivity contribution in [2.45, 2.75) is 39.5 Å². The average molecular weight is 247 g/mol. The van der Waals surface area contributed by atoms with Gasteiger partial charge in [-0.3, -0.25) is 4.79 Å². The van der Waals surface area contributed by atoms with E-state index in [9.17, 15) is 4.79 Å². The van der Waals surface area contributed by atoms with Gasteiger partial charge in [0.2, 0.25) is 5.91 Å². The first kappa shape index (κ1) is 13.0. The Labute approximate surface area is 108 Å². The Bertz CT molecular complexity index is 431. The van der Waals surface area contributed by atoms with E-state index in [4.69, 9.17) is 0 Å². The van der Waals surface area contributed by atoms with Crippen molar-refractivity contribution < 1.29 is 4.79 Å². The van der Waals surface area contributed by atoms with Crippen LogP contribution in [0.4, 0.5) is 0 Å². The molecule has 0 bridgehead atoms. The molecule has 0 aliphatic carbocycles. The lowest BCUT2D eigenvalue weighted by atomic mass is 9.96. The van der Waals surface area contributed by atoms with Gasteiger partial charge in [0.1, 0.15) is 5.82 Å². The molecule has 1 saturated heterocycles. The fourth-order valence-corrected chi connectivity index (χ4v) is 2.42. The van der Waals surface area contributed by atoms with Crippen molar-refractivity contribution in [3.8, 4) is 0 Å². The maximum Gasteiger partial charge on any atom is 0.225 e. The van der Waals surface area contributed by atoms with Gasteiger partial charge < -0.3 is 4.90 Å². The van der Waals surface area contributed by atoms with E-state index in [-0.39, 0.29) is 11.8 Å². The van der Waals surface area contributed by atoms with Crippen LogP contribution in [0.5, 0.6) is 0 Å². The quantitative estimate of drug-likeness (QED) is 0.804. The van der Waals surface area contributed by atoms with Crippen molar-refractivity contribution in [1.82, 2.24) is 14.9 Å². The first-order chi connectivity index (χ1) is 8.58. The number of likely N-dealkylation sites (tertiary alicyclic amines) is 1. The van der Waals surface area contributed by atoms with Gasteiger partial charge in [0, 0.05) is 36.8 Å². The molecule has 2 heterocycles. The van der Waals surface area contributed by atoms with Crippen LogP contribution in [0, 0.1) is 12.8 Å². The highest BCUT2D eigenvalue weighted by molar-refractivity contribution is 5.78. The summed E-state index contributed by atoms with van der Waals surface area (Å²) in [6, 6.07) is 1.91. The molecule has 0 aromatic carbocycles. The van der Waals surface area contributed by atoms with Crippen LogP contribution < -0.4 is 0 Å². The molecule has 1 aromatic rings. The lowest BCUT2D eigenvalue weighted by Gasteiger charge is -2.33. The number of aryl methyl sites for hydroxylation is 1. The van der Waals surface area contributed by atoms with Gasteiger partial charge in [-0.2, -0.15) is 0 Å². The average Bonchev–Trinajstić information content (AvgIpc) is 2.38. The van der Waals surface area contributed by atoms with E-state index < -0.39 is 0 Å². The van der Waals surface area contributed by atoms with Crippen LogP contribution in [-0.2, 0) is 4.79 Å². The smallest absolute Gasteiger partial charge is 0.225 e. The largest absolute Gasteiger partial charge is 0.342 e. The molecule has 4 heteroatoms. The fourth-order valence-electron chi connectivity index (χ4n) is 2.42. The Morgan fingerprint density at radius 3 is 2.94 bits per heavy atom. The summed E-state index contributed by atoms with van der Waals surface area (Å²) >= 11 is 0. The van der Waals surface area contributed by atoms with E-state index in [0.717, 1.165) is 37.4 Å². The number of carbonyl (C=O) groups is 1. The number of piperidine rings is 1. The number of carbonyl (C=O) groups excluding carboxylic acids is 1. The van der Waals surface area contributed by atoms with Gasteiger partial charge in [-0.05, 0) is 25.8 Å². The third-order valence-corrected chi connectivity index (χ3v) is 3.41. The number of amides is 1. The molecule has 0 saturated carbocycles. The number of nitrogens with zero attached hydrogens (tertiary/aromatic N) is 3. The highest BCUT2D eigenvalue weighted by Gasteiger charge is 2.27. The van der Waals surface area contributed by atoms with Crippen molar-refractivity contribution in [2.75, 3.05) is 13.1 Å². The predicted molar refractivity (Wildman–Crippen MR) is 70.2 cm³/mol. The molecule has 1 atom stereocenters. The second-order valence-corrected chi connectivity index (χ2v) is 5.33. The third-order valence-electron chi connectivity index (χ3n) is 3.41. The summed E-state index contributed by atoms with van der Waals surface area (Å²) in [5, 5.41) is 0. The number of rotatable bonds is 2. The monoisotopic (exact) mass is 247 g/mol. The molecule has 1 amide bonds. The minimum atomic E-state index is 0.0715. The maximum absolute atomic E-state index is 12.0. The zero-order valence-corrected chi connectivity index (χ0v) is 11.4. The van der Waals surface area contributed by atoms with Crippen molar-refractivity contribution in [1.29, 1.82) is 0 Å². The summed E-state index contributed by atoms with van der Waals surface area (Å²) < 4.78 is 0. The van der Waals surface area contributed by atoms with Gasteiger partial charge in [0.15, 0.2) is 0 Å². The minimum absolute atomic E-state index is 0.0715. The van der Waals surface area contributed by atoms with Gasteiger partial charge in [0.05, 0.1) is 0 Å². The lowest BCUT2D eigenvalue weighted by molar-refractivity contribution is -0.135. The third kappa shape index (κ3) is 2.86. The summed E-state index contributed by atoms with van der Waals surface area (Å²) in [4.78, 5) is 22.8. The van der Waals surface area contributed by atoms with Gasteiger partial charge in [0.25, 0.3) is 0 Å². The molecule has 1 aliphatic heterocycles. The molecule has 4 nitrogen and oxygen atoms in total. The molecule has 0 N–H and O–H groups in total. The summed E-state index contributed by atoms with van der Waals surface area (Å²) in [5.74, 6) is 1.49. The second kappa shape index (κ2) is 5.46. The Balaban J connectivity index is 2.09. The van der Waals surface area contributed by atoms with E-state index in [2.05, 4.69) is 9.97 Å². The second-order valence-electron chi connectivity index (χ2n) is 5.33. The Morgan fingerprint density at radius 1 is 1.50 bits per heavy atom. The number of hydrogen-bond acceptors (Lipinski definition) is 3. The zero-order valence-electron chi connectivity index (χ0n) is 11.4. The minimum Gasteiger partial charge on any atom is -0.342 e. The van der Waals surface area contributed by atoms with E-state index in [0.29, 0.717) is 5.92 Å². The highest BCUT2D eigenvalue weighted by atomic mass is 16.2. The summed E-state index contributed by atoms with van der Waals surface area (Å²) in [6.45, 7) is 7.52. The summed E-state index contributed by atoms with van der Waals surface area (Å²) in [6.07, 6.45) is 3.92. The molecule has 0 spiro atoms. The van der Waals surface area contributed by atoms with Crippen LogP contribution in [0.25, 0.3) is 0 Å². The highest BCUT2D eigenvalue weighted by Crippen LogP contribution is 2.25. The van der Waals surface area contributed by atoms with Crippen LogP contribution in [-0.4, -0.2) is 33.9 Å². The molecule has 2 rings (SSSR count). The molecule has 0 radical (unpaired) electrons. The van der Waals surface area contributed by atoms with Crippen LogP contribution in [0.2, 0.25) is 0 Å². The molecule has 98 valence electrons. The molecule has 1 aromatic heterocycles. The maximum atomic E-state index is 12.0. The van der Waals surface area contributed by atoms with Crippen LogP contribution >= 0.6 is 0 Å². The summed E-state index contributed by atoms with van der Waals surface area (Å²) in [5.41, 5.74) is 0.993. The molecule has 1 aliphatic rings. The van der Waals surface area contributed by atoms with Gasteiger partial charge in [-0.25, -0.2) is 9.97 Å². The van der Waals surface area contributed by atoms with Crippen LogP contribution in [0.1, 0.15) is 44.1 Å². The summed E-state index contributed by atoms with van der Waals surface area (Å²) in [7, 11) is 0. The van der Waals surface area contributed by atoms with Crippen LogP contribution in [0.3, 0.4) is 0 Å². The van der Waals surface area contributed by atoms with Crippen molar-refractivity contribution in [2.24, 2.45) is 5.92 Å². The molecule has 18 heavy (non-hydrogen) atoms. The topological polar surface area (TPSA) is 46.1 Å². The number of aromatic nitrogens is 2. The van der Waals surface area contributed by atoms with Crippen molar-refractivity contribution in [3.05, 3.63) is 23.8 Å². The first-order valence-electron chi connectivity index (χ1n) is 6.66. The Kier molecular flexibility index (Phi) is 3.94. The lowest BCUT2D eigenvalue weighted by Crippen LogP contribution is -2.41. The first-order valence-corrected chi connectivity index (χ1v) is 6.66. The van der Waals surface area contributed by atoms with Crippen molar-refractivity contribution in [3.63, 3.8) is 0 Å². The van der Waals surface area contributed by atoms with Crippen LogP contribution in [0.15, 0.2) is 12.3 Å². The van der Waals surface area contributed by atoms with Gasteiger partial charge >= 0.3 is 0 Å².